The lowest BCUT2D eigenvalue weighted by molar-refractivity contribution is 1.05. The first-order chi connectivity index (χ1) is 5.31. The van der Waals surface area contributed by atoms with Crippen molar-refractivity contribution in [1.82, 2.24) is 4.98 Å². The van der Waals surface area contributed by atoms with Gasteiger partial charge in [-0.3, -0.25) is 0 Å². The molecule has 1 aromatic heterocycles. The number of hydrogen-bond donors (Lipinski definition) is 1. The normalized spacial score (nSPS) is 16.3. The van der Waals surface area contributed by atoms with E-state index in [-0.39, 0.29) is 0 Å². The molecule has 1 aliphatic rings. The van der Waals surface area contributed by atoms with Crippen molar-refractivity contribution in [2.45, 2.75) is 18.8 Å². The summed E-state index contributed by atoms with van der Waals surface area (Å²) in [5.41, 5.74) is 6.40. The van der Waals surface area contributed by atoms with Crippen molar-refractivity contribution in [3.8, 4) is 6.07 Å². The highest BCUT2D eigenvalue weighted by Gasteiger charge is 2.29. The zero-order valence-electron chi connectivity index (χ0n) is 5.87. The highest BCUT2D eigenvalue weighted by atomic mass is 32.1. The molecule has 1 saturated carbocycles. The van der Waals surface area contributed by atoms with E-state index in [1.165, 1.54) is 11.3 Å². The molecule has 56 valence electrons. The highest BCUT2D eigenvalue weighted by molar-refractivity contribution is 7.16. The molecule has 0 atom stereocenters. The van der Waals surface area contributed by atoms with E-state index in [0.29, 0.717) is 15.9 Å². The van der Waals surface area contributed by atoms with Gasteiger partial charge in [-0.15, -0.1) is 0 Å². The third kappa shape index (κ3) is 1.08. The van der Waals surface area contributed by atoms with Gasteiger partial charge in [-0.05, 0) is 12.8 Å². The van der Waals surface area contributed by atoms with Gasteiger partial charge >= 0.3 is 0 Å². The van der Waals surface area contributed by atoms with Gasteiger partial charge in [-0.1, -0.05) is 11.3 Å². The number of rotatable bonds is 1. The molecule has 3 nitrogen and oxygen atoms in total. The average molecular weight is 165 g/mol. The summed E-state index contributed by atoms with van der Waals surface area (Å²) in [6.45, 7) is 0. The first kappa shape index (κ1) is 6.62. The van der Waals surface area contributed by atoms with Crippen molar-refractivity contribution < 1.29 is 0 Å². The number of anilines is 1. The maximum Gasteiger partial charge on any atom is 0.181 e. The minimum Gasteiger partial charge on any atom is -0.375 e. The Balaban J connectivity index is 2.44. The van der Waals surface area contributed by atoms with Crippen LogP contribution in [0.25, 0.3) is 0 Å². The topological polar surface area (TPSA) is 62.7 Å². The fraction of sp³-hybridized carbons (Fsp3) is 0.429. The standard InChI is InChI=1S/C7H7N3S/c8-3-5-6(4-1-2-4)10-7(9)11-5/h4H,1-2H2,(H2,9,10). The number of nitrogens with zero attached hydrogens (tertiary/aromatic N) is 2. The molecule has 0 aliphatic heterocycles. The van der Waals surface area contributed by atoms with Crippen LogP contribution in [-0.4, -0.2) is 4.98 Å². The van der Waals surface area contributed by atoms with Crippen molar-refractivity contribution in [1.29, 1.82) is 5.26 Å². The van der Waals surface area contributed by atoms with Crippen molar-refractivity contribution in [3.05, 3.63) is 10.6 Å². The Bertz CT molecular complexity index is 319. The molecule has 2 N–H and O–H groups in total. The van der Waals surface area contributed by atoms with Crippen molar-refractivity contribution in [2.24, 2.45) is 0 Å². The van der Waals surface area contributed by atoms with Crippen LogP contribution in [0.15, 0.2) is 0 Å². The number of nitrogens with two attached hydrogens (primary N) is 1. The Hall–Kier alpha value is -1.08. The molecule has 4 heteroatoms. The number of aromatic nitrogens is 1. The quantitative estimate of drug-likeness (QED) is 0.685. The smallest absolute Gasteiger partial charge is 0.181 e. The van der Waals surface area contributed by atoms with Crippen LogP contribution in [0, 0.1) is 11.3 Å². The van der Waals surface area contributed by atoms with Gasteiger partial charge in [0.25, 0.3) is 0 Å². The molecule has 1 fully saturated rings. The van der Waals surface area contributed by atoms with Crippen molar-refractivity contribution in [2.75, 3.05) is 5.73 Å². The SMILES string of the molecule is N#Cc1sc(N)nc1C1CC1. The predicted octanol–water partition coefficient (Wildman–Crippen LogP) is 1.47. The van der Waals surface area contributed by atoms with E-state index in [9.17, 15) is 0 Å². The predicted molar refractivity (Wildman–Crippen MR) is 43.2 cm³/mol. The van der Waals surface area contributed by atoms with E-state index >= 15 is 0 Å². The Labute approximate surface area is 68.5 Å². The fourth-order valence-electron chi connectivity index (χ4n) is 1.06. The van der Waals surface area contributed by atoms with Gasteiger partial charge in [0.05, 0.1) is 5.69 Å². The number of hydrogen-bond acceptors (Lipinski definition) is 4. The molecule has 2 rings (SSSR count). The maximum absolute atomic E-state index is 8.67. The van der Waals surface area contributed by atoms with Gasteiger partial charge in [0.2, 0.25) is 0 Å². The Morgan fingerprint density at radius 1 is 1.64 bits per heavy atom. The summed E-state index contributed by atoms with van der Waals surface area (Å²) in [4.78, 5) is 4.82. The highest BCUT2D eigenvalue weighted by Crippen LogP contribution is 2.42. The van der Waals surface area contributed by atoms with Crippen LogP contribution in [0.1, 0.15) is 29.3 Å². The van der Waals surface area contributed by atoms with Crippen LogP contribution in [0.3, 0.4) is 0 Å². The minimum absolute atomic E-state index is 0.517. The Kier molecular flexibility index (Phi) is 1.33. The lowest BCUT2D eigenvalue weighted by Gasteiger charge is -1.86. The summed E-state index contributed by atoms with van der Waals surface area (Å²) < 4.78 is 0. The molecule has 11 heavy (non-hydrogen) atoms. The summed E-state index contributed by atoms with van der Waals surface area (Å²) in [5, 5.41) is 9.19. The first-order valence-electron chi connectivity index (χ1n) is 3.47. The van der Waals surface area contributed by atoms with Gasteiger partial charge in [0, 0.05) is 5.92 Å². The summed E-state index contributed by atoms with van der Waals surface area (Å²) >= 11 is 1.29. The van der Waals surface area contributed by atoms with E-state index in [0.717, 1.165) is 18.5 Å². The zero-order chi connectivity index (χ0) is 7.84. The first-order valence-corrected chi connectivity index (χ1v) is 4.29. The number of thiazole rings is 1. The van der Waals surface area contributed by atoms with E-state index < -0.39 is 0 Å². The Morgan fingerprint density at radius 2 is 2.36 bits per heavy atom. The van der Waals surface area contributed by atoms with Gasteiger partial charge in [0.1, 0.15) is 10.9 Å². The summed E-state index contributed by atoms with van der Waals surface area (Å²) in [7, 11) is 0. The second-order valence-electron chi connectivity index (χ2n) is 2.65. The monoisotopic (exact) mass is 165 g/mol. The van der Waals surface area contributed by atoms with Crippen LogP contribution in [-0.2, 0) is 0 Å². The van der Waals surface area contributed by atoms with Gasteiger partial charge in [-0.2, -0.15) is 5.26 Å². The molecular formula is C7H7N3S. The summed E-state index contributed by atoms with van der Waals surface area (Å²) in [6.07, 6.45) is 2.33. The van der Waals surface area contributed by atoms with Gasteiger partial charge in [0.15, 0.2) is 5.13 Å². The molecule has 1 aliphatic carbocycles. The minimum atomic E-state index is 0.517. The molecule has 1 heterocycles. The van der Waals surface area contributed by atoms with Crippen LogP contribution in [0.4, 0.5) is 5.13 Å². The largest absolute Gasteiger partial charge is 0.375 e. The van der Waals surface area contributed by atoms with E-state index in [1.54, 1.807) is 0 Å². The number of nitrogen functional groups attached to an aromatic ring is 1. The number of nitriles is 1. The fourth-order valence-corrected chi connectivity index (χ4v) is 1.78. The lowest BCUT2D eigenvalue weighted by atomic mass is 10.3. The molecule has 0 saturated heterocycles. The van der Waals surface area contributed by atoms with E-state index in [1.807, 2.05) is 0 Å². The van der Waals surface area contributed by atoms with E-state index in [2.05, 4.69) is 11.1 Å². The van der Waals surface area contributed by atoms with Crippen LogP contribution < -0.4 is 5.73 Å². The third-order valence-corrected chi connectivity index (χ3v) is 2.54. The van der Waals surface area contributed by atoms with Crippen molar-refractivity contribution in [3.63, 3.8) is 0 Å². The Morgan fingerprint density at radius 3 is 2.91 bits per heavy atom. The maximum atomic E-state index is 8.67. The molecule has 0 unspecified atom stereocenters. The van der Waals surface area contributed by atoms with Gasteiger partial charge < -0.3 is 5.73 Å². The molecular weight excluding hydrogens is 158 g/mol. The molecule has 0 radical (unpaired) electrons. The molecule has 0 amide bonds. The average Bonchev–Trinajstić information content (AvgIpc) is 2.75. The second kappa shape index (κ2) is 2.21. The lowest BCUT2D eigenvalue weighted by Crippen LogP contribution is -1.85. The van der Waals surface area contributed by atoms with Crippen LogP contribution in [0.2, 0.25) is 0 Å². The van der Waals surface area contributed by atoms with Crippen LogP contribution in [0.5, 0.6) is 0 Å². The van der Waals surface area contributed by atoms with Crippen LogP contribution >= 0.6 is 11.3 Å². The molecule has 0 aromatic carbocycles. The molecule has 1 aromatic rings. The summed E-state index contributed by atoms with van der Waals surface area (Å²) in [6, 6.07) is 2.11. The third-order valence-electron chi connectivity index (χ3n) is 1.74. The zero-order valence-corrected chi connectivity index (χ0v) is 6.69. The molecule has 0 spiro atoms. The molecule has 0 bridgehead atoms. The second-order valence-corrected chi connectivity index (χ2v) is 3.68. The van der Waals surface area contributed by atoms with E-state index in [4.69, 9.17) is 11.0 Å². The van der Waals surface area contributed by atoms with Crippen molar-refractivity contribution >= 4 is 16.5 Å². The van der Waals surface area contributed by atoms with Gasteiger partial charge in [-0.25, -0.2) is 4.98 Å². The summed E-state index contributed by atoms with van der Waals surface area (Å²) in [5.74, 6) is 0.526.